The molecule has 0 spiro atoms. The number of carbonyl (C=O) groups excluding carboxylic acids is 1. The Labute approximate surface area is 132 Å². The summed E-state index contributed by atoms with van der Waals surface area (Å²) in [5.41, 5.74) is 0.438. The van der Waals surface area contributed by atoms with Crippen LogP contribution in [-0.2, 0) is 0 Å². The summed E-state index contributed by atoms with van der Waals surface area (Å²) >= 11 is 5.97. The summed E-state index contributed by atoms with van der Waals surface area (Å²) in [6.07, 6.45) is 0. The van der Waals surface area contributed by atoms with Crippen LogP contribution in [0.25, 0.3) is 0 Å². The third kappa shape index (κ3) is 4.36. The number of hydrogen-bond donors (Lipinski definition) is 1. The van der Waals surface area contributed by atoms with E-state index in [0.29, 0.717) is 28.6 Å². The fraction of sp³-hybridized carbons (Fsp3) is 0.188. The van der Waals surface area contributed by atoms with Crippen molar-refractivity contribution < 1.29 is 18.7 Å². The zero-order chi connectivity index (χ0) is 15.9. The number of methoxy groups -OCH3 is 1. The van der Waals surface area contributed by atoms with Crippen LogP contribution in [0.3, 0.4) is 0 Å². The quantitative estimate of drug-likeness (QED) is 0.830. The first-order valence-electron chi connectivity index (χ1n) is 6.60. The molecule has 4 nitrogen and oxygen atoms in total. The van der Waals surface area contributed by atoms with Gasteiger partial charge in [0, 0.05) is 5.56 Å². The second kappa shape index (κ2) is 7.66. The molecule has 0 aliphatic rings. The highest BCUT2D eigenvalue weighted by Gasteiger charge is 2.08. The molecule has 0 aliphatic carbocycles. The predicted octanol–water partition coefficient (Wildman–Crippen LogP) is 3.30. The fourth-order valence-corrected chi connectivity index (χ4v) is 2.03. The maximum Gasteiger partial charge on any atom is 0.251 e. The number of amides is 1. The number of nitrogens with one attached hydrogen (secondary N) is 1. The molecular weight excluding hydrogens is 309 g/mol. The van der Waals surface area contributed by atoms with Crippen molar-refractivity contribution in [3.05, 3.63) is 58.9 Å². The Balaban J connectivity index is 1.80. The molecule has 0 fully saturated rings. The van der Waals surface area contributed by atoms with Gasteiger partial charge in [-0.15, -0.1) is 0 Å². The lowest BCUT2D eigenvalue weighted by atomic mass is 10.2. The van der Waals surface area contributed by atoms with E-state index in [1.165, 1.54) is 37.4 Å². The number of benzene rings is 2. The van der Waals surface area contributed by atoms with E-state index < -0.39 is 0 Å². The molecule has 2 aromatic carbocycles. The van der Waals surface area contributed by atoms with Crippen LogP contribution in [0.15, 0.2) is 42.5 Å². The Bertz CT molecular complexity index is 646. The lowest BCUT2D eigenvalue weighted by Crippen LogP contribution is -2.28. The fourth-order valence-electron chi connectivity index (χ4n) is 1.77. The Morgan fingerprint density at radius 3 is 2.59 bits per heavy atom. The monoisotopic (exact) mass is 323 g/mol. The van der Waals surface area contributed by atoms with E-state index in [2.05, 4.69) is 5.32 Å². The van der Waals surface area contributed by atoms with Gasteiger partial charge in [0.15, 0.2) is 0 Å². The largest absolute Gasteiger partial charge is 0.495 e. The van der Waals surface area contributed by atoms with Gasteiger partial charge in [-0.05, 0) is 42.5 Å². The van der Waals surface area contributed by atoms with Crippen LogP contribution in [-0.4, -0.2) is 26.2 Å². The maximum atomic E-state index is 12.7. The first-order valence-corrected chi connectivity index (χ1v) is 6.98. The molecule has 6 heteroatoms. The molecule has 0 saturated heterocycles. The molecule has 2 rings (SSSR count). The summed E-state index contributed by atoms with van der Waals surface area (Å²) in [4.78, 5) is 11.9. The summed E-state index contributed by atoms with van der Waals surface area (Å²) in [5, 5.41) is 3.08. The van der Waals surface area contributed by atoms with Crippen molar-refractivity contribution in [2.24, 2.45) is 0 Å². The van der Waals surface area contributed by atoms with Gasteiger partial charge >= 0.3 is 0 Å². The first-order chi connectivity index (χ1) is 10.6. The maximum absolute atomic E-state index is 12.7. The molecule has 0 saturated carbocycles. The first kappa shape index (κ1) is 16.1. The van der Waals surface area contributed by atoms with E-state index in [9.17, 15) is 9.18 Å². The molecule has 0 atom stereocenters. The summed E-state index contributed by atoms with van der Waals surface area (Å²) < 4.78 is 23.1. The standard InChI is InChI=1S/C16H15ClFNO3/c1-21-15-7-2-11(10-14(15)17)16(20)19-8-9-22-13-5-3-12(18)4-6-13/h2-7,10H,8-9H2,1H3,(H,19,20). The van der Waals surface area contributed by atoms with Gasteiger partial charge in [0.2, 0.25) is 0 Å². The van der Waals surface area contributed by atoms with Crippen molar-refractivity contribution >= 4 is 17.5 Å². The van der Waals surface area contributed by atoms with Gasteiger partial charge in [0.05, 0.1) is 18.7 Å². The summed E-state index contributed by atoms with van der Waals surface area (Å²) in [5.74, 6) is 0.477. The average molecular weight is 324 g/mol. The van der Waals surface area contributed by atoms with Gasteiger partial charge in [-0.2, -0.15) is 0 Å². The summed E-state index contributed by atoms with van der Waals surface area (Å²) in [7, 11) is 1.51. The van der Waals surface area contributed by atoms with Gasteiger partial charge in [-0.25, -0.2) is 4.39 Å². The molecule has 1 amide bonds. The molecule has 1 N–H and O–H groups in total. The second-order valence-corrected chi connectivity index (χ2v) is 4.81. The number of carbonyl (C=O) groups is 1. The number of ether oxygens (including phenoxy) is 2. The molecule has 0 radical (unpaired) electrons. The number of rotatable bonds is 6. The van der Waals surface area contributed by atoms with Gasteiger partial charge < -0.3 is 14.8 Å². The predicted molar refractivity (Wildman–Crippen MR) is 82.2 cm³/mol. The van der Waals surface area contributed by atoms with Crippen LogP contribution < -0.4 is 14.8 Å². The SMILES string of the molecule is COc1ccc(C(=O)NCCOc2ccc(F)cc2)cc1Cl. The van der Waals surface area contributed by atoms with Crippen molar-refractivity contribution in [1.82, 2.24) is 5.32 Å². The van der Waals surface area contributed by atoms with Gasteiger partial charge in [-0.1, -0.05) is 11.6 Å². The minimum absolute atomic E-state index is 0.257. The summed E-state index contributed by atoms with van der Waals surface area (Å²) in [6.45, 7) is 0.598. The van der Waals surface area contributed by atoms with E-state index in [0.717, 1.165) is 0 Å². The van der Waals surface area contributed by atoms with Crippen LogP contribution in [0.2, 0.25) is 5.02 Å². The van der Waals surface area contributed by atoms with E-state index in [1.54, 1.807) is 12.1 Å². The molecule has 0 aromatic heterocycles. The smallest absolute Gasteiger partial charge is 0.251 e. The van der Waals surface area contributed by atoms with Gasteiger partial charge in [0.25, 0.3) is 5.91 Å². The third-order valence-electron chi connectivity index (χ3n) is 2.88. The third-order valence-corrected chi connectivity index (χ3v) is 3.18. The van der Waals surface area contributed by atoms with E-state index in [1.807, 2.05) is 0 Å². The molecule has 116 valence electrons. The summed E-state index contributed by atoms with van der Waals surface area (Å²) in [6, 6.07) is 10.5. The topological polar surface area (TPSA) is 47.6 Å². The van der Waals surface area contributed by atoms with Crippen LogP contribution in [0.1, 0.15) is 10.4 Å². The molecule has 2 aromatic rings. The minimum atomic E-state index is -0.322. The number of halogens is 2. The Hall–Kier alpha value is -2.27. The van der Waals surface area contributed by atoms with Gasteiger partial charge in [0.1, 0.15) is 23.9 Å². The van der Waals surface area contributed by atoms with Crippen LogP contribution >= 0.6 is 11.6 Å². The number of hydrogen-bond acceptors (Lipinski definition) is 3. The highest BCUT2D eigenvalue weighted by molar-refractivity contribution is 6.32. The zero-order valence-corrected chi connectivity index (χ0v) is 12.7. The van der Waals surface area contributed by atoms with Crippen LogP contribution in [0.5, 0.6) is 11.5 Å². The van der Waals surface area contributed by atoms with E-state index >= 15 is 0 Å². The van der Waals surface area contributed by atoms with Crippen LogP contribution in [0.4, 0.5) is 4.39 Å². The van der Waals surface area contributed by atoms with E-state index in [-0.39, 0.29) is 18.3 Å². The highest BCUT2D eigenvalue weighted by Crippen LogP contribution is 2.24. The van der Waals surface area contributed by atoms with Crippen molar-refractivity contribution in [1.29, 1.82) is 0 Å². The molecule has 0 bridgehead atoms. The molecule has 0 unspecified atom stereocenters. The molecular formula is C16H15ClFNO3. The minimum Gasteiger partial charge on any atom is -0.495 e. The lowest BCUT2D eigenvalue weighted by Gasteiger charge is -2.09. The normalized spacial score (nSPS) is 10.1. The van der Waals surface area contributed by atoms with Crippen molar-refractivity contribution in [2.45, 2.75) is 0 Å². The zero-order valence-electron chi connectivity index (χ0n) is 11.9. The molecule has 0 heterocycles. The molecule has 0 aliphatic heterocycles. The van der Waals surface area contributed by atoms with Crippen molar-refractivity contribution in [3.63, 3.8) is 0 Å². The van der Waals surface area contributed by atoms with Crippen molar-refractivity contribution in [2.75, 3.05) is 20.3 Å². The molecule has 22 heavy (non-hydrogen) atoms. The Morgan fingerprint density at radius 1 is 1.23 bits per heavy atom. The van der Waals surface area contributed by atoms with Gasteiger partial charge in [-0.3, -0.25) is 4.79 Å². The average Bonchev–Trinajstić information content (AvgIpc) is 2.53. The second-order valence-electron chi connectivity index (χ2n) is 4.41. The van der Waals surface area contributed by atoms with Crippen LogP contribution in [0, 0.1) is 5.82 Å². The highest BCUT2D eigenvalue weighted by atomic mass is 35.5. The van der Waals surface area contributed by atoms with Crippen molar-refractivity contribution in [3.8, 4) is 11.5 Å². The van der Waals surface area contributed by atoms with E-state index in [4.69, 9.17) is 21.1 Å². The Kier molecular flexibility index (Phi) is 5.61. The lowest BCUT2D eigenvalue weighted by molar-refractivity contribution is 0.0947. The Morgan fingerprint density at radius 2 is 1.95 bits per heavy atom.